The predicted molar refractivity (Wildman–Crippen MR) is 72.4 cm³/mol. The van der Waals surface area contributed by atoms with Crippen molar-refractivity contribution in [3.8, 4) is 0 Å². The van der Waals surface area contributed by atoms with Gasteiger partial charge in [0.2, 0.25) is 5.91 Å². The number of rotatable bonds is 1. The smallest absolute Gasteiger partial charge is 0.255 e. The maximum absolute atomic E-state index is 12.4. The van der Waals surface area contributed by atoms with Crippen LogP contribution in [0.25, 0.3) is 0 Å². The van der Waals surface area contributed by atoms with Crippen molar-refractivity contribution in [2.24, 2.45) is 0 Å². The normalized spacial score (nSPS) is 19.6. The van der Waals surface area contributed by atoms with Gasteiger partial charge in [0.15, 0.2) is 0 Å². The lowest BCUT2D eigenvalue weighted by Gasteiger charge is -2.33. The zero-order chi connectivity index (χ0) is 13.3. The van der Waals surface area contributed by atoms with E-state index in [1.54, 1.807) is 17.9 Å². The molecule has 96 valence electrons. The summed E-state index contributed by atoms with van der Waals surface area (Å²) in [5.41, 5.74) is 1.69. The number of nitrogens with zero attached hydrogens (tertiary/aromatic N) is 1. The summed E-state index contributed by atoms with van der Waals surface area (Å²) in [7, 11) is 0. The largest absolute Gasteiger partial charge is 0.353 e. The van der Waals surface area contributed by atoms with Gasteiger partial charge in [0, 0.05) is 17.6 Å². The number of amides is 2. The maximum atomic E-state index is 12.4. The molecule has 1 fully saturated rings. The average Bonchev–Trinajstić information content (AvgIpc) is 2.32. The minimum Gasteiger partial charge on any atom is -0.353 e. The second-order valence-corrected chi connectivity index (χ2v) is 5.30. The summed E-state index contributed by atoms with van der Waals surface area (Å²) in [6.45, 7) is 4.77. The van der Waals surface area contributed by atoms with Crippen LogP contribution in [0.4, 0.5) is 0 Å². The predicted octanol–water partition coefficient (Wildman–Crippen LogP) is 1.72. The van der Waals surface area contributed by atoms with Gasteiger partial charge in [-0.25, -0.2) is 0 Å². The fourth-order valence-corrected chi connectivity index (χ4v) is 2.67. The Bertz CT molecular complexity index is 502. The van der Waals surface area contributed by atoms with Crippen LogP contribution in [0, 0.1) is 6.92 Å². The molecule has 0 aliphatic carbocycles. The number of nitrogens with one attached hydrogen (secondary N) is 1. The molecule has 1 aromatic rings. The van der Waals surface area contributed by atoms with Gasteiger partial charge in [-0.1, -0.05) is 6.07 Å². The van der Waals surface area contributed by atoms with Gasteiger partial charge in [0.1, 0.15) is 6.04 Å². The van der Waals surface area contributed by atoms with Gasteiger partial charge < -0.3 is 10.2 Å². The van der Waals surface area contributed by atoms with E-state index in [-0.39, 0.29) is 11.8 Å². The molecule has 2 rings (SSSR count). The van der Waals surface area contributed by atoms with Crippen LogP contribution in [0.15, 0.2) is 22.7 Å². The van der Waals surface area contributed by atoms with Crippen molar-refractivity contribution in [2.45, 2.75) is 19.9 Å². The van der Waals surface area contributed by atoms with Crippen molar-refractivity contribution < 1.29 is 9.59 Å². The van der Waals surface area contributed by atoms with Crippen molar-refractivity contribution in [3.05, 3.63) is 33.8 Å². The fourth-order valence-electron chi connectivity index (χ4n) is 2.01. The summed E-state index contributed by atoms with van der Waals surface area (Å²) in [6, 6.07) is 5.18. The number of benzene rings is 1. The Hall–Kier alpha value is -1.36. The Morgan fingerprint density at radius 3 is 2.89 bits per heavy atom. The van der Waals surface area contributed by atoms with Gasteiger partial charge >= 0.3 is 0 Å². The zero-order valence-corrected chi connectivity index (χ0v) is 12.0. The molecule has 0 bridgehead atoms. The molecule has 0 saturated carbocycles. The third-order valence-electron chi connectivity index (χ3n) is 3.11. The second-order valence-electron chi connectivity index (χ2n) is 4.45. The molecule has 1 saturated heterocycles. The molecule has 1 N–H and O–H groups in total. The number of aryl methyl sites for hydroxylation is 1. The SMILES string of the molecule is Cc1ccc(C(=O)N2CCNC(=O)[C@H]2C)c(Br)c1. The average molecular weight is 311 g/mol. The Labute approximate surface area is 114 Å². The summed E-state index contributed by atoms with van der Waals surface area (Å²) in [4.78, 5) is 25.6. The topological polar surface area (TPSA) is 49.4 Å². The van der Waals surface area contributed by atoms with Crippen LogP contribution in [-0.4, -0.2) is 35.8 Å². The Balaban J connectivity index is 2.28. The van der Waals surface area contributed by atoms with Gasteiger partial charge in [-0.15, -0.1) is 0 Å². The van der Waals surface area contributed by atoms with E-state index in [9.17, 15) is 9.59 Å². The van der Waals surface area contributed by atoms with E-state index in [2.05, 4.69) is 21.2 Å². The molecule has 0 radical (unpaired) electrons. The first-order valence-corrected chi connectivity index (χ1v) is 6.65. The maximum Gasteiger partial charge on any atom is 0.255 e. The van der Waals surface area contributed by atoms with Crippen LogP contribution >= 0.6 is 15.9 Å². The molecule has 0 spiro atoms. The second kappa shape index (κ2) is 5.10. The molecule has 1 heterocycles. The van der Waals surface area contributed by atoms with Gasteiger partial charge in [-0.3, -0.25) is 9.59 Å². The van der Waals surface area contributed by atoms with Crippen molar-refractivity contribution in [1.29, 1.82) is 0 Å². The highest BCUT2D eigenvalue weighted by molar-refractivity contribution is 9.10. The lowest BCUT2D eigenvalue weighted by atomic mass is 10.1. The van der Waals surface area contributed by atoms with Crippen LogP contribution in [0.1, 0.15) is 22.8 Å². The first-order valence-electron chi connectivity index (χ1n) is 5.85. The zero-order valence-electron chi connectivity index (χ0n) is 10.4. The van der Waals surface area contributed by atoms with E-state index < -0.39 is 6.04 Å². The molecule has 2 amide bonds. The summed E-state index contributed by atoms with van der Waals surface area (Å²) < 4.78 is 0.769. The Morgan fingerprint density at radius 1 is 1.50 bits per heavy atom. The number of halogens is 1. The summed E-state index contributed by atoms with van der Waals surface area (Å²) in [5, 5.41) is 2.75. The minimum absolute atomic E-state index is 0.0992. The molecule has 4 nitrogen and oxygen atoms in total. The van der Waals surface area contributed by atoms with Gasteiger partial charge in [-0.2, -0.15) is 0 Å². The number of carbonyl (C=O) groups is 2. The molecule has 5 heteroatoms. The van der Waals surface area contributed by atoms with Crippen LogP contribution < -0.4 is 5.32 Å². The molecular weight excluding hydrogens is 296 g/mol. The molecule has 1 aliphatic rings. The number of hydrogen-bond acceptors (Lipinski definition) is 2. The lowest BCUT2D eigenvalue weighted by Crippen LogP contribution is -2.55. The van der Waals surface area contributed by atoms with E-state index in [1.807, 2.05) is 19.1 Å². The third kappa shape index (κ3) is 2.41. The highest BCUT2D eigenvalue weighted by atomic mass is 79.9. The summed E-state index contributed by atoms with van der Waals surface area (Å²) in [6.07, 6.45) is 0. The first kappa shape index (κ1) is 13.1. The molecule has 1 aliphatic heterocycles. The molecular formula is C13H15BrN2O2. The first-order chi connectivity index (χ1) is 8.50. The van der Waals surface area contributed by atoms with Crippen molar-refractivity contribution in [2.75, 3.05) is 13.1 Å². The number of piperazine rings is 1. The van der Waals surface area contributed by atoms with E-state index in [0.717, 1.165) is 10.0 Å². The standard InChI is InChI=1S/C13H15BrN2O2/c1-8-3-4-10(11(14)7-8)13(18)16-6-5-15-12(17)9(16)2/h3-4,7,9H,5-6H2,1-2H3,(H,15,17)/t9-/m1/s1. The molecule has 0 unspecified atom stereocenters. The summed E-state index contributed by atoms with van der Waals surface area (Å²) >= 11 is 3.40. The van der Waals surface area contributed by atoms with Gasteiger partial charge in [0.25, 0.3) is 5.91 Å². The molecule has 0 aromatic heterocycles. The van der Waals surface area contributed by atoms with Crippen molar-refractivity contribution in [1.82, 2.24) is 10.2 Å². The van der Waals surface area contributed by atoms with E-state index in [4.69, 9.17) is 0 Å². The van der Waals surface area contributed by atoms with E-state index in [1.165, 1.54) is 0 Å². The Morgan fingerprint density at radius 2 is 2.22 bits per heavy atom. The quantitative estimate of drug-likeness (QED) is 0.858. The van der Waals surface area contributed by atoms with Crippen LogP contribution in [0.3, 0.4) is 0 Å². The highest BCUT2D eigenvalue weighted by Crippen LogP contribution is 2.21. The molecule has 1 atom stereocenters. The fraction of sp³-hybridized carbons (Fsp3) is 0.385. The highest BCUT2D eigenvalue weighted by Gasteiger charge is 2.30. The number of hydrogen-bond donors (Lipinski definition) is 1. The third-order valence-corrected chi connectivity index (χ3v) is 3.77. The van der Waals surface area contributed by atoms with Crippen LogP contribution in [-0.2, 0) is 4.79 Å². The van der Waals surface area contributed by atoms with E-state index >= 15 is 0 Å². The van der Waals surface area contributed by atoms with Gasteiger partial charge in [0.05, 0.1) is 5.56 Å². The Kier molecular flexibility index (Phi) is 3.71. The van der Waals surface area contributed by atoms with Crippen LogP contribution in [0.5, 0.6) is 0 Å². The van der Waals surface area contributed by atoms with Crippen molar-refractivity contribution in [3.63, 3.8) is 0 Å². The lowest BCUT2D eigenvalue weighted by molar-refractivity contribution is -0.127. The summed E-state index contributed by atoms with van der Waals surface area (Å²) in [5.74, 6) is -0.206. The van der Waals surface area contributed by atoms with Crippen LogP contribution in [0.2, 0.25) is 0 Å². The van der Waals surface area contributed by atoms with Gasteiger partial charge in [-0.05, 0) is 47.5 Å². The minimum atomic E-state index is -0.417. The van der Waals surface area contributed by atoms with E-state index in [0.29, 0.717) is 18.7 Å². The molecule has 18 heavy (non-hydrogen) atoms. The number of carbonyl (C=O) groups excluding carboxylic acids is 2. The van der Waals surface area contributed by atoms with Crippen molar-refractivity contribution >= 4 is 27.7 Å². The monoisotopic (exact) mass is 310 g/mol. The molecule has 1 aromatic carbocycles.